The zero-order valence-electron chi connectivity index (χ0n) is 18.9. The number of hydrogen-bond acceptors (Lipinski definition) is 5. The normalized spacial score (nSPS) is 14.2. The van der Waals surface area contributed by atoms with Crippen molar-refractivity contribution in [1.82, 2.24) is 10.3 Å². The van der Waals surface area contributed by atoms with Crippen LogP contribution in [0, 0.1) is 5.92 Å². The van der Waals surface area contributed by atoms with Gasteiger partial charge in [-0.1, -0.05) is 43.8 Å². The number of anilines is 1. The maximum Gasteiger partial charge on any atom is 0.252 e. The van der Waals surface area contributed by atoms with Gasteiger partial charge in [0.05, 0.1) is 21.4 Å². The highest BCUT2D eigenvalue weighted by Crippen LogP contribution is 2.29. The monoisotopic (exact) mass is 461 g/mol. The van der Waals surface area contributed by atoms with E-state index in [2.05, 4.69) is 15.6 Å². The highest BCUT2D eigenvalue weighted by molar-refractivity contribution is 8.00. The summed E-state index contributed by atoms with van der Waals surface area (Å²) in [6.45, 7) is 5.49. The van der Waals surface area contributed by atoms with Gasteiger partial charge in [-0.3, -0.25) is 14.4 Å². The van der Waals surface area contributed by atoms with Gasteiger partial charge in [-0.05, 0) is 56.2 Å². The molecule has 2 N–H and O–H groups in total. The Morgan fingerprint density at radius 1 is 1.00 bits per heavy atom. The third-order valence-corrected chi connectivity index (χ3v) is 6.50. The Balaban J connectivity index is 1.51. The Bertz CT molecular complexity index is 1200. The Hall–Kier alpha value is -3.19. The van der Waals surface area contributed by atoms with Gasteiger partial charge >= 0.3 is 0 Å². The molecule has 1 aliphatic carbocycles. The molecule has 1 heterocycles. The maximum atomic E-state index is 13.0. The summed E-state index contributed by atoms with van der Waals surface area (Å²) in [5, 5.41) is 6.91. The second kappa shape index (κ2) is 9.75. The molecule has 1 saturated carbocycles. The molecule has 6 nitrogen and oxygen atoms in total. The molecule has 170 valence electrons. The van der Waals surface area contributed by atoms with Crippen molar-refractivity contribution in [3.63, 3.8) is 0 Å². The lowest BCUT2D eigenvalue weighted by molar-refractivity contribution is -0.118. The average molecular weight is 462 g/mol. The lowest BCUT2D eigenvalue weighted by Crippen LogP contribution is -2.25. The molecule has 4 rings (SSSR count). The number of rotatable bonds is 8. The lowest BCUT2D eigenvalue weighted by atomic mass is 10.1. The molecule has 33 heavy (non-hydrogen) atoms. The number of Topliss-reactive ketones (excluding diaryl/α,β-unsaturated/α-hetero) is 1. The van der Waals surface area contributed by atoms with Gasteiger partial charge in [-0.25, -0.2) is 4.98 Å². The molecule has 2 amide bonds. The minimum absolute atomic E-state index is 0.0410. The lowest BCUT2D eigenvalue weighted by Gasteiger charge is -2.13. The van der Waals surface area contributed by atoms with Crippen LogP contribution >= 0.6 is 11.8 Å². The van der Waals surface area contributed by atoms with Crippen LogP contribution in [0.2, 0.25) is 0 Å². The summed E-state index contributed by atoms with van der Waals surface area (Å²) in [4.78, 5) is 42.4. The van der Waals surface area contributed by atoms with Gasteiger partial charge in [0.15, 0.2) is 5.78 Å². The third kappa shape index (κ3) is 5.60. The van der Waals surface area contributed by atoms with E-state index in [1.807, 2.05) is 45.0 Å². The topological polar surface area (TPSA) is 88.2 Å². The fourth-order valence-electron chi connectivity index (χ4n) is 3.36. The summed E-state index contributed by atoms with van der Waals surface area (Å²) < 4.78 is 0. The van der Waals surface area contributed by atoms with Gasteiger partial charge in [-0.2, -0.15) is 0 Å². The molecule has 7 heteroatoms. The highest BCUT2D eigenvalue weighted by atomic mass is 32.2. The number of ketones is 1. The second-order valence-corrected chi connectivity index (χ2v) is 9.98. The fraction of sp³-hybridized carbons (Fsp3) is 0.308. The first kappa shape index (κ1) is 23.0. The number of pyridine rings is 1. The van der Waals surface area contributed by atoms with Crippen LogP contribution in [0.25, 0.3) is 10.9 Å². The SMILES string of the molecule is CC(C)C(=O)Nc1ccc(C(=O)[C@@H](C)Sc2cc(C(=O)NC3CC3)c3ccccc3n2)cc1. The largest absolute Gasteiger partial charge is 0.349 e. The Morgan fingerprint density at radius 3 is 2.36 bits per heavy atom. The Kier molecular flexibility index (Phi) is 6.79. The zero-order chi connectivity index (χ0) is 23.5. The quantitative estimate of drug-likeness (QED) is 0.361. The average Bonchev–Trinajstić information content (AvgIpc) is 3.62. The molecule has 3 aromatic rings. The smallest absolute Gasteiger partial charge is 0.252 e. The summed E-state index contributed by atoms with van der Waals surface area (Å²) in [7, 11) is 0. The molecule has 0 saturated heterocycles. The second-order valence-electron chi connectivity index (χ2n) is 8.62. The molecule has 0 radical (unpaired) electrons. The van der Waals surface area contributed by atoms with E-state index in [-0.39, 0.29) is 29.6 Å². The van der Waals surface area contributed by atoms with Crippen LogP contribution in [0.4, 0.5) is 5.69 Å². The molecule has 0 spiro atoms. The summed E-state index contributed by atoms with van der Waals surface area (Å²) in [5.74, 6) is -0.327. The number of fused-ring (bicyclic) bond motifs is 1. The molecule has 0 bridgehead atoms. The van der Waals surface area contributed by atoms with Gasteiger partial charge in [0, 0.05) is 28.6 Å². The van der Waals surface area contributed by atoms with E-state index in [1.165, 1.54) is 11.8 Å². The van der Waals surface area contributed by atoms with Crippen LogP contribution in [-0.2, 0) is 4.79 Å². The van der Waals surface area contributed by atoms with Crippen LogP contribution < -0.4 is 10.6 Å². The number of aromatic nitrogens is 1. The number of hydrogen-bond donors (Lipinski definition) is 2. The minimum atomic E-state index is -0.394. The molecule has 1 fully saturated rings. The van der Waals surface area contributed by atoms with Crippen molar-refractivity contribution in [2.75, 3.05) is 5.32 Å². The number of benzene rings is 2. The van der Waals surface area contributed by atoms with Crippen molar-refractivity contribution in [3.05, 3.63) is 65.7 Å². The predicted octanol–water partition coefficient (Wildman–Crippen LogP) is 5.09. The van der Waals surface area contributed by atoms with Gasteiger partial charge in [-0.15, -0.1) is 0 Å². The number of nitrogens with one attached hydrogen (secondary N) is 2. The summed E-state index contributed by atoms with van der Waals surface area (Å²) in [6.07, 6.45) is 2.03. The van der Waals surface area contributed by atoms with Crippen molar-refractivity contribution >= 4 is 45.9 Å². The Morgan fingerprint density at radius 2 is 1.70 bits per heavy atom. The van der Waals surface area contributed by atoms with Crippen LogP contribution in [0.5, 0.6) is 0 Å². The maximum absolute atomic E-state index is 13.0. The number of para-hydroxylation sites is 1. The van der Waals surface area contributed by atoms with Crippen LogP contribution in [-0.4, -0.2) is 33.9 Å². The number of carbonyl (C=O) groups excluding carboxylic acids is 3. The van der Waals surface area contributed by atoms with Crippen molar-refractivity contribution in [1.29, 1.82) is 0 Å². The van der Waals surface area contributed by atoms with Gasteiger partial charge in [0.2, 0.25) is 5.91 Å². The van der Waals surface area contributed by atoms with E-state index in [9.17, 15) is 14.4 Å². The molecule has 1 aliphatic rings. The van der Waals surface area contributed by atoms with E-state index in [0.29, 0.717) is 21.8 Å². The van der Waals surface area contributed by atoms with E-state index in [0.717, 1.165) is 23.7 Å². The van der Waals surface area contributed by atoms with E-state index >= 15 is 0 Å². The third-order valence-electron chi connectivity index (χ3n) is 5.48. The number of thioether (sulfide) groups is 1. The molecule has 1 atom stereocenters. The summed E-state index contributed by atoms with van der Waals surface area (Å²) in [6, 6.07) is 16.5. The van der Waals surface area contributed by atoms with Crippen LogP contribution in [0.3, 0.4) is 0 Å². The van der Waals surface area contributed by atoms with E-state index in [1.54, 1.807) is 30.3 Å². The number of amides is 2. The first-order chi connectivity index (χ1) is 15.8. The molecular weight excluding hydrogens is 434 g/mol. The van der Waals surface area contributed by atoms with Gasteiger partial charge < -0.3 is 10.6 Å². The van der Waals surface area contributed by atoms with Gasteiger partial charge in [0.25, 0.3) is 5.91 Å². The predicted molar refractivity (Wildman–Crippen MR) is 132 cm³/mol. The Labute approximate surface area is 197 Å². The summed E-state index contributed by atoms with van der Waals surface area (Å²) in [5.41, 5.74) is 2.53. The molecular formula is C26H27N3O3S. The van der Waals surface area contributed by atoms with Gasteiger partial charge in [0.1, 0.15) is 0 Å². The first-order valence-electron chi connectivity index (χ1n) is 11.1. The van der Waals surface area contributed by atoms with E-state index in [4.69, 9.17) is 0 Å². The van der Waals surface area contributed by atoms with Crippen molar-refractivity contribution in [2.45, 2.75) is 49.9 Å². The fourth-order valence-corrected chi connectivity index (χ4v) is 4.31. The van der Waals surface area contributed by atoms with Crippen molar-refractivity contribution in [3.8, 4) is 0 Å². The minimum Gasteiger partial charge on any atom is -0.349 e. The molecule has 1 aromatic heterocycles. The standard InChI is InChI=1S/C26H27N3O3S/c1-15(2)25(31)27-18-10-8-17(9-11-18)24(30)16(3)33-23-14-21(26(32)28-19-12-13-19)20-6-4-5-7-22(20)29-23/h4-11,14-16,19H,12-13H2,1-3H3,(H,27,31)(H,28,32)/t16-/m1/s1. The molecule has 0 unspecified atom stereocenters. The highest BCUT2D eigenvalue weighted by Gasteiger charge is 2.25. The van der Waals surface area contributed by atoms with Crippen molar-refractivity contribution in [2.24, 2.45) is 5.92 Å². The van der Waals surface area contributed by atoms with Crippen LogP contribution in [0.15, 0.2) is 59.6 Å². The van der Waals surface area contributed by atoms with E-state index < -0.39 is 5.25 Å². The molecule has 0 aliphatic heterocycles. The first-order valence-corrected chi connectivity index (χ1v) is 12.0. The number of nitrogens with zero attached hydrogens (tertiary/aromatic N) is 1. The van der Waals surface area contributed by atoms with Crippen molar-refractivity contribution < 1.29 is 14.4 Å². The van der Waals surface area contributed by atoms with Crippen LogP contribution in [0.1, 0.15) is 54.3 Å². The molecule has 2 aromatic carbocycles. The summed E-state index contributed by atoms with van der Waals surface area (Å²) >= 11 is 1.34. The zero-order valence-corrected chi connectivity index (χ0v) is 19.7. The number of carbonyl (C=O) groups is 3.